The van der Waals surface area contributed by atoms with Crippen LogP contribution in [-0.4, -0.2) is 21.5 Å². The molecule has 0 bridgehead atoms. The summed E-state index contributed by atoms with van der Waals surface area (Å²) < 4.78 is 11.4. The van der Waals surface area contributed by atoms with E-state index in [2.05, 4.69) is 22.1 Å². The van der Waals surface area contributed by atoms with Gasteiger partial charge in [0.05, 0.1) is 0 Å². The number of H-pyrrole nitrogens is 1. The third-order valence-corrected chi connectivity index (χ3v) is 5.81. The molecule has 1 fully saturated rings. The van der Waals surface area contributed by atoms with Gasteiger partial charge in [-0.1, -0.05) is 67.1 Å². The van der Waals surface area contributed by atoms with Gasteiger partial charge in [0.1, 0.15) is 18.0 Å². The second kappa shape index (κ2) is 9.61. The number of hydrogen-bond donors (Lipinski definition) is 1. The minimum atomic E-state index is -0.724. The van der Waals surface area contributed by atoms with Crippen molar-refractivity contribution in [3.05, 3.63) is 93.7 Å². The van der Waals surface area contributed by atoms with Gasteiger partial charge in [-0.05, 0) is 50.7 Å². The molecule has 0 aliphatic heterocycles. The minimum absolute atomic E-state index is 0.0180. The number of hydrogen-bond acceptors (Lipinski definition) is 5. The van der Waals surface area contributed by atoms with E-state index < -0.39 is 17.1 Å². The summed E-state index contributed by atoms with van der Waals surface area (Å²) in [6, 6.07) is 19.7. The fourth-order valence-electron chi connectivity index (χ4n) is 4.37. The molecule has 1 aromatic heterocycles. The predicted molar refractivity (Wildman–Crippen MR) is 127 cm³/mol. The van der Waals surface area contributed by atoms with Crippen molar-refractivity contribution < 1.29 is 14.3 Å². The van der Waals surface area contributed by atoms with Crippen LogP contribution < -0.4 is 10.3 Å². The number of nitrogens with zero attached hydrogens (tertiary/aromatic N) is 1. The number of nitrogens with one attached hydrogen (secondary N) is 1. The molecule has 6 heteroatoms. The van der Waals surface area contributed by atoms with Crippen LogP contribution in [0.25, 0.3) is 0 Å². The molecule has 0 unspecified atom stereocenters. The van der Waals surface area contributed by atoms with Crippen LogP contribution in [-0.2, 0) is 11.3 Å². The van der Waals surface area contributed by atoms with Gasteiger partial charge in [-0.3, -0.25) is 4.79 Å². The third-order valence-electron chi connectivity index (χ3n) is 5.81. The first-order valence-electron chi connectivity index (χ1n) is 11.4. The van der Waals surface area contributed by atoms with Crippen LogP contribution >= 0.6 is 0 Å². The summed E-state index contributed by atoms with van der Waals surface area (Å²) in [6.07, 6.45) is 2.93. The molecule has 2 atom stereocenters. The number of aromatic nitrogens is 2. The lowest BCUT2D eigenvalue weighted by molar-refractivity contribution is 0.00571. The normalized spacial score (nSPS) is 18.2. The Hall–Kier alpha value is -3.41. The maximum Gasteiger partial charge on any atom is 0.361 e. The van der Waals surface area contributed by atoms with Gasteiger partial charge in [-0.25, -0.2) is 9.78 Å². The largest absolute Gasteiger partial charge is 0.481 e. The molecule has 1 heterocycles. The first-order chi connectivity index (χ1) is 15.8. The van der Waals surface area contributed by atoms with E-state index in [0.29, 0.717) is 5.82 Å². The quantitative estimate of drug-likeness (QED) is 0.516. The number of aromatic amines is 1. The lowest BCUT2D eigenvalue weighted by atomic mass is 9.88. The Kier molecular flexibility index (Phi) is 6.63. The van der Waals surface area contributed by atoms with Crippen LogP contribution in [0.2, 0.25) is 0 Å². The van der Waals surface area contributed by atoms with E-state index in [1.807, 2.05) is 48.5 Å². The highest BCUT2D eigenvalue weighted by atomic mass is 16.6. The molecular formula is C27H30N2O4. The fraction of sp³-hybridized carbons (Fsp3) is 0.370. The third kappa shape index (κ3) is 5.51. The van der Waals surface area contributed by atoms with E-state index in [1.54, 1.807) is 20.8 Å². The molecule has 0 radical (unpaired) electrons. The van der Waals surface area contributed by atoms with E-state index in [0.717, 1.165) is 24.8 Å². The summed E-state index contributed by atoms with van der Waals surface area (Å²) in [5.74, 6) is -0.000983. The standard InChI is InChI=1S/C27H30N2O4/c1-27(2,3)33-26(31)22-23(32-17-18-11-6-4-7-12-18)25(30)29-24(28-22)21-16-10-15-20(21)19-13-8-5-9-14-19/h4-9,11-14,20-21H,10,15-17H2,1-3H3,(H,28,29,30)/t20-,21-/m1/s1. The van der Waals surface area contributed by atoms with E-state index in [-0.39, 0.29) is 29.9 Å². The molecule has 1 aliphatic carbocycles. The summed E-state index contributed by atoms with van der Waals surface area (Å²) in [5, 5.41) is 0. The lowest BCUT2D eigenvalue weighted by Crippen LogP contribution is -2.28. The Labute approximate surface area is 194 Å². The SMILES string of the molecule is CC(C)(C)OC(=O)c1nc([C@@H]2CCC[C@@H]2c2ccccc2)[nH]c(=O)c1OCc1ccccc1. The van der Waals surface area contributed by atoms with Gasteiger partial charge in [0, 0.05) is 5.92 Å². The molecule has 1 N–H and O–H groups in total. The molecule has 6 nitrogen and oxygen atoms in total. The summed E-state index contributed by atoms with van der Waals surface area (Å²) >= 11 is 0. The molecule has 33 heavy (non-hydrogen) atoms. The zero-order valence-corrected chi connectivity index (χ0v) is 19.3. The van der Waals surface area contributed by atoms with E-state index >= 15 is 0 Å². The van der Waals surface area contributed by atoms with Crippen molar-refractivity contribution in [2.45, 2.75) is 64.1 Å². The summed E-state index contributed by atoms with van der Waals surface area (Å²) in [5.41, 5.74) is 0.841. The summed E-state index contributed by atoms with van der Waals surface area (Å²) in [6.45, 7) is 5.50. The maximum absolute atomic E-state index is 13.1. The molecule has 2 aromatic carbocycles. The monoisotopic (exact) mass is 446 g/mol. The van der Waals surface area contributed by atoms with Crippen LogP contribution in [0, 0.1) is 0 Å². The summed E-state index contributed by atoms with van der Waals surface area (Å²) in [4.78, 5) is 33.7. The van der Waals surface area contributed by atoms with Crippen LogP contribution in [0.3, 0.4) is 0 Å². The zero-order valence-electron chi connectivity index (χ0n) is 19.3. The molecule has 1 aliphatic rings. The average molecular weight is 447 g/mol. The highest BCUT2D eigenvalue weighted by Crippen LogP contribution is 2.44. The highest BCUT2D eigenvalue weighted by molar-refractivity contribution is 5.90. The van der Waals surface area contributed by atoms with Crippen molar-refractivity contribution in [2.24, 2.45) is 0 Å². The number of ether oxygens (including phenoxy) is 2. The molecule has 0 saturated heterocycles. The lowest BCUT2D eigenvalue weighted by Gasteiger charge is -2.22. The van der Waals surface area contributed by atoms with Crippen LogP contribution in [0.5, 0.6) is 5.75 Å². The van der Waals surface area contributed by atoms with Crippen molar-refractivity contribution in [3.8, 4) is 5.75 Å². The topological polar surface area (TPSA) is 81.3 Å². The Morgan fingerprint density at radius 3 is 2.30 bits per heavy atom. The van der Waals surface area contributed by atoms with E-state index in [9.17, 15) is 9.59 Å². The van der Waals surface area contributed by atoms with E-state index in [1.165, 1.54) is 5.56 Å². The van der Waals surface area contributed by atoms with Crippen molar-refractivity contribution in [2.75, 3.05) is 0 Å². The van der Waals surface area contributed by atoms with Gasteiger partial charge in [0.25, 0.3) is 5.56 Å². The average Bonchev–Trinajstić information content (AvgIpc) is 3.28. The van der Waals surface area contributed by atoms with Crippen molar-refractivity contribution in [1.29, 1.82) is 0 Å². The van der Waals surface area contributed by atoms with Gasteiger partial charge < -0.3 is 14.5 Å². The predicted octanol–water partition coefficient (Wildman–Crippen LogP) is 5.36. The Balaban J connectivity index is 1.70. The van der Waals surface area contributed by atoms with Crippen molar-refractivity contribution >= 4 is 5.97 Å². The zero-order chi connectivity index (χ0) is 23.4. The Morgan fingerprint density at radius 1 is 1.00 bits per heavy atom. The number of benzene rings is 2. The number of carbonyl (C=O) groups excluding carboxylic acids is 1. The second-order valence-electron chi connectivity index (χ2n) is 9.46. The Morgan fingerprint density at radius 2 is 1.64 bits per heavy atom. The fourth-order valence-corrected chi connectivity index (χ4v) is 4.37. The van der Waals surface area contributed by atoms with Crippen molar-refractivity contribution in [1.82, 2.24) is 9.97 Å². The van der Waals surface area contributed by atoms with Gasteiger partial charge in [0.2, 0.25) is 5.75 Å². The first kappa shape index (κ1) is 22.8. The van der Waals surface area contributed by atoms with Gasteiger partial charge in [0.15, 0.2) is 5.69 Å². The Bertz CT molecular complexity index is 1150. The number of rotatable bonds is 6. The van der Waals surface area contributed by atoms with Gasteiger partial charge in [-0.15, -0.1) is 0 Å². The smallest absolute Gasteiger partial charge is 0.361 e. The molecule has 0 spiro atoms. The minimum Gasteiger partial charge on any atom is -0.481 e. The molecular weight excluding hydrogens is 416 g/mol. The second-order valence-corrected chi connectivity index (χ2v) is 9.46. The van der Waals surface area contributed by atoms with Crippen LogP contribution in [0.15, 0.2) is 65.5 Å². The number of esters is 1. The summed E-state index contributed by atoms with van der Waals surface area (Å²) in [7, 11) is 0. The number of carbonyl (C=O) groups is 1. The van der Waals surface area contributed by atoms with Crippen LogP contribution in [0.1, 0.15) is 79.3 Å². The van der Waals surface area contributed by atoms with E-state index in [4.69, 9.17) is 9.47 Å². The van der Waals surface area contributed by atoms with Crippen LogP contribution in [0.4, 0.5) is 0 Å². The molecule has 172 valence electrons. The van der Waals surface area contributed by atoms with Gasteiger partial charge in [-0.2, -0.15) is 0 Å². The first-order valence-corrected chi connectivity index (χ1v) is 11.4. The maximum atomic E-state index is 13.1. The molecule has 0 amide bonds. The van der Waals surface area contributed by atoms with Gasteiger partial charge >= 0.3 is 5.97 Å². The molecule has 1 saturated carbocycles. The molecule has 4 rings (SSSR count). The molecule has 3 aromatic rings. The highest BCUT2D eigenvalue weighted by Gasteiger charge is 2.34. The van der Waals surface area contributed by atoms with Crippen molar-refractivity contribution in [3.63, 3.8) is 0 Å².